The first kappa shape index (κ1) is 74.6. The number of esters is 2. The molecule has 6 aromatic rings. The van der Waals surface area contributed by atoms with Gasteiger partial charge in [-0.25, -0.2) is 9.97 Å². The van der Waals surface area contributed by atoms with Gasteiger partial charge >= 0.3 is 11.9 Å². The number of H-pyrrole nitrogens is 1. The Morgan fingerprint density at radius 2 is 1.20 bits per heavy atom. The summed E-state index contributed by atoms with van der Waals surface area (Å²) in [5.74, 6) is -0.982. The number of aromatic nitrogens is 4. The van der Waals surface area contributed by atoms with E-state index >= 15 is 0 Å². The molecule has 7 heterocycles. The van der Waals surface area contributed by atoms with Gasteiger partial charge in [-0.2, -0.15) is 0 Å². The molecule has 4 N–H and O–H groups in total. The van der Waals surface area contributed by atoms with E-state index in [2.05, 4.69) is 16.0 Å². The number of para-hydroxylation sites is 2. The van der Waals surface area contributed by atoms with Gasteiger partial charge in [-0.15, -0.1) is 0 Å². The van der Waals surface area contributed by atoms with Crippen LogP contribution in [0.3, 0.4) is 0 Å². The van der Waals surface area contributed by atoms with Crippen molar-refractivity contribution in [1.82, 2.24) is 19.5 Å². The van der Waals surface area contributed by atoms with Crippen LogP contribution in [0.5, 0.6) is 0 Å². The van der Waals surface area contributed by atoms with Crippen LogP contribution in [-0.2, 0) is 122 Å². The zero-order valence-electron chi connectivity index (χ0n) is 39.0. The summed E-state index contributed by atoms with van der Waals surface area (Å²) in [6.07, 6.45) is 1.88. The molecule has 3 aliphatic heterocycles. The number of cyclic esters (lactones) is 2. The van der Waals surface area contributed by atoms with Gasteiger partial charge in [0.1, 0.15) is 29.6 Å². The maximum atomic E-state index is 13.2. The largest absolute Gasteiger partial charge is 0.460 e. The van der Waals surface area contributed by atoms with E-state index in [-0.39, 0.29) is 166 Å². The Morgan fingerprint density at radius 1 is 0.725 bits per heavy atom. The minimum absolute atomic E-state index is 0. The molecule has 4 aromatic heterocycles. The van der Waals surface area contributed by atoms with Gasteiger partial charge < -0.3 is 49.2 Å². The molecule has 0 saturated heterocycles. The van der Waals surface area contributed by atoms with Crippen molar-refractivity contribution < 1.29 is 103 Å². The number of hydrogen-bond donors (Lipinski definition) is 4. The second kappa shape index (κ2) is 33.3. The molecule has 0 amide bonds. The summed E-state index contributed by atoms with van der Waals surface area (Å²) in [4.78, 5) is 59.4. The Morgan fingerprint density at radius 3 is 1.72 bits per heavy atom. The maximum absolute atomic E-state index is 13.2. The van der Waals surface area contributed by atoms with E-state index in [0.29, 0.717) is 58.1 Å². The van der Waals surface area contributed by atoms with Crippen LogP contribution in [0.25, 0.3) is 33.2 Å². The van der Waals surface area contributed by atoms with Gasteiger partial charge in [-0.3, -0.25) is 19.2 Å². The van der Waals surface area contributed by atoms with Gasteiger partial charge in [0, 0.05) is 113 Å². The SMILES string of the molecule is C.C.C.CC.CC.CC[C@@]1(O)CC(=O)OCc2c1cc1n(c2=O)Cc2cc3ccccc3nc2-1.CC[C@@]1(O)CC(=O)OCc2c1cc[nH]c2=O.OCc1cc2ccccc2nc1Cl.[2HH].[2HH].[B].[B].[CH3-].[CH3-].[Y].[Y]. The van der Waals surface area contributed by atoms with Crippen LogP contribution in [0.4, 0.5) is 0 Å². The van der Waals surface area contributed by atoms with Crippen molar-refractivity contribution in [1.29, 1.82) is 0 Å². The van der Waals surface area contributed by atoms with Gasteiger partial charge in [-0.1, -0.05) is 112 Å². The van der Waals surface area contributed by atoms with Crippen LogP contribution in [0.1, 0.15) is 126 Å². The number of rotatable bonds is 3. The minimum atomic E-state index is -1.41. The van der Waals surface area contributed by atoms with E-state index in [1.165, 1.54) is 6.20 Å². The monoisotopic (exact) mass is 1120 g/mol. The summed E-state index contributed by atoms with van der Waals surface area (Å²) in [5.41, 5.74) is 3.19. The van der Waals surface area contributed by atoms with Crippen LogP contribution in [0.15, 0.2) is 88.6 Å². The molecule has 0 fully saturated rings. The first-order valence-electron chi connectivity index (χ1n) is 20.2. The number of benzene rings is 2. The summed E-state index contributed by atoms with van der Waals surface area (Å²) < 4.78 is 11.7. The van der Waals surface area contributed by atoms with Gasteiger partial charge in [-0.05, 0) is 60.4 Å². The van der Waals surface area contributed by atoms with Crippen molar-refractivity contribution in [3.05, 3.63) is 153 Å². The molecule has 18 heteroatoms. The summed E-state index contributed by atoms with van der Waals surface area (Å²) in [6, 6.07) is 22.9. The Labute approximate surface area is 471 Å². The summed E-state index contributed by atoms with van der Waals surface area (Å²) in [6.45, 7) is 11.7. The van der Waals surface area contributed by atoms with Crippen LogP contribution in [0.2, 0.25) is 5.15 Å². The zero-order valence-corrected chi connectivity index (χ0v) is 45.4. The van der Waals surface area contributed by atoms with Crippen molar-refractivity contribution in [3.8, 4) is 11.4 Å². The maximum Gasteiger partial charge on any atom is 0.309 e. The third kappa shape index (κ3) is 16.3. The fraction of sp³-hybridized carbons (Fsp3) is 0.373. The van der Waals surface area contributed by atoms with Crippen molar-refractivity contribution >= 4 is 62.2 Å². The second-order valence-corrected chi connectivity index (χ2v) is 14.3. The normalized spacial score (nSPS) is 15.9. The first-order chi connectivity index (χ1) is 28.9. The van der Waals surface area contributed by atoms with E-state index in [1.54, 1.807) is 24.5 Å². The van der Waals surface area contributed by atoms with E-state index < -0.39 is 23.1 Å². The molecule has 372 valence electrons. The molecule has 0 unspecified atom stereocenters. The minimum Gasteiger partial charge on any atom is -0.460 e. The number of carbonyl (C=O) groups excluding carboxylic acids is 2. The third-order valence-corrected chi connectivity index (χ3v) is 10.9. The summed E-state index contributed by atoms with van der Waals surface area (Å²) in [7, 11) is 0. The standard InChI is InChI=1S/C21H18N2O4.C11H13NO4.C10H8ClNO.2C2H6.3CH4.2CH3.2B.2Y.2H2/c1-2-21(26)9-18(24)27-11-14-15(21)8-17-19-13(10-23(17)20(14)25)7-12-5-3-4-6-16(12)22-19;1-2-11(15)5-9(13)16-6-7-8(11)3-4-12-10(7)14;11-10-8(6-13)5-7-3-1-2-4-9(7)12-10;2*1-2;;;;;;;;;;;/h3-8,26H,2,9-11H2,1H3;3-4,15H,2,5-6H2,1H3,(H,12,14);1-5,13H,6H2;2*1-2H3;3*1H4;2*1H3;;;;;2*1H/q;;;;;;;;2*-1;;;;;;/t21-;11-;;;;;;;;;;;;;;/m11............../s1/i;;;;;;;;;;;;;;2*1+1. The Kier molecular flexibility index (Phi) is 36.0. The van der Waals surface area contributed by atoms with Gasteiger partial charge in [0.05, 0.1) is 59.5 Å². The van der Waals surface area contributed by atoms with Crippen molar-refractivity contribution in [2.75, 3.05) is 0 Å². The van der Waals surface area contributed by atoms with E-state index in [1.807, 2.05) is 88.4 Å². The van der Waals surface area contributed by atoms with Gasteiger partial charge in [0.15, 0.2) is 0 Å². The van der Waals surface area contributed by atoms with Crippen molar-refractivity contribution in [2.45, 2.75) is 127 Å². The molecule has 69 heavy (non-hydrogen) atoms. The number of nitrogens with one attached hydrogen (secondary N) is 1. The average molecular weight is 1120 g/mol. The fourth-order valence-corrected chi connectivity index (χ4v) is 7.52. The van der Waals surface area contributed by atoms with Gasteiger partial charge in [0.2, 0.25) is 0 Å². The van der Waals surface area contributed by atoms with Gasteiger partial charge in [0.25, 0.3) is 11.1 Å². The number of aliphatic hydroxyl groups excluding tert-OH is 1. The van der Waals surface area contributed by atoms with Crippen LogP contribution in [0, 0.1) is 14.9 Å². The van der Waals surface area contributed by atoms with Crippen molar-refractivity contribution in [3.63, 3.8) is 0 Å². The molecule has 2 aromatic carbocycles. The molecule has 0 spiro atoms. The van der Waals surface area contributed by atoms with Crippen LogP contribution in [-0.4, -0.2) is 63.6 Å². The molecule has 0 bridgehead atoms. The number of fused-ring (bicyclic) bond motifs is 7. The van der Waals surface area contributed by atoms with Crippen LogP contribution < -0.4 is 11.1 Å². The number of pyridine rings is 4. The molecular formula is C51H73B2ClN4O9Y2-2. The zero-order chi connectivity index (χ0) is 43.8. The number of halogens is 1. The molecule has 2 atom stereocenters. The predicted molar refractivity (Wildman–Crippen MR) is 279 cm³/mol. The Balaban J connectivity index is -0.000000164. The molecule has 8 radical (unpaired) electrons. The molecule has 9 rings (SSSR count). The quantitative estimate of drug-likeness (QED) is 0.0570. The number of carbonyl (C=O) groups is 2. The second-order valence-electron chi connectivity index (χ2n) is 13.9. The molecule has 3 aliphatic rings. The molecule has 0 aliphatic carbocycles. The summed E-state index contributed by atoms with van der Waals surface area (Å²) in [5, 5.41) is 32.8. The smallest absolute Gasteiger partial charge is 0.309 e. The Hall–Kier alpha value is -3.39. The van der Waals surface area contributed by atoms with Crippen molar-refractivity contribution in [2.24, 2.45) is 0 Å². The number of aliphatic hydroxyl groups is 3. The summed E-state index contributed by atoms with van der Waals surface area (Å²) >= 11 is 5.83. The van der Waals surface area contributed by atoms with E-state index in [4.69, 9.17) is 31.2 Å². The number of hydrogen-bond acceptors (Lipinski definition) is 11. The third-order valence-electron chi connectivity index (χ3n) is 10.6. The van der Waals surface area contributed by atoms with Crippen LogP contribution >= 0.6 is 11.6 Å². The number of nitrogens with zero attached hydrogens (tertiary/aromatic N) is 3. The fourth-order valence-electron chi connectivity index (χ4n) is 7.31. The first-order valence-corrected chi connectivity index (χ1v) is 20.5. The Bertz CT molecular complexity index is 2680. The number of aromatic amines is 1. The van der Waals surface area contributed by atoms with E-state index in [0.717, 1.165) is 33.1 Å². The molecular weight excluding hydrogens is 1050 g/mol. The topological polar surface area (TPSA) is 194 Å². The van der Waals surface area contributed by atoms with E-state index in [9.17, 15) is 29.4 Å². The molecule has 13 nitrogen and oxygen atoms in total. The predicted octanol–water partition coefficient (Wildman–Crippen LogP) is 9.86. The number of ether oxygens (including phenoxy) is 2. The average Bonchev–Trinajstić information content (AvgIpc) is 3.48. The molecule has 0 saturated carbocycles.